The number of carbonyl (C=O) groups excluding carboxylic acids is 2. The van der Waals surface area contributed by atoms with E-state index in [2.05, 4.69) is 8.83 Å². The minimum Gasteiger partial charge on any atom is -0.396 e. The molecule has 0 aliphatic rings. The number of hydrogen-bond donors (Lipinski definition) is 0. The van der Waals surface area contributed by atoms with Crippen molar-refractivity contribution in [1.82, 2.24) is 0 Å². The van der Waals surface area contributed by atoms with Crippen LogP contribution < -0.4 is 5.82 Å². The van der Waals surface area contributed by atoms with Gasteiger partial charge in [-0.05, 0) is 31.4 Å². The molecular formula is C26H45ClO6. The topological polar surface area (TPSA) is 86.7 Å². The Morgan fingerprint density at radius 3 is 1.55 bits per heavy atom. The van der Waals surface area contributed by atoms with E-state index in [1.165, 1.54) is 90.6 Å². The van der Waals surface area contributed by atoms with Crippen molar-refractivity contribution in [2.45, 2.75) is 129 Å². The van der Waals surface area contributed by atoms with Gasteiger partial charge >= 0.3 is 5.82 Å². The molecule has 0 atom stereocenters. The van der Waals surface area contributed by atoms with Crippen molar-refractivity contribution in [3.63, 3.8) is 0 Å². The lowest BCUT2D eigenvalue weighted by Gasteiger charge is -2.03. The Kier molecular flexibility index (Phi) is 22.7. The molecule has 6 nitrogen and oxygen atoms in total. The molecule has 0 aliphatic heterocycles. The summed E-state index contributed by atoms with van der Waals surface area (Å²) in [6.07, 6.45) is 22.9. The average molecular weight is 489 g/mol. The van der Waals surface area contributed by atoms with Gasteiger partial charge in [-0.2, -0.15) is 0 Å². The lowest BCUT2D eigenvalue weighted by atomic mass is 10.0. The molecule has 1 aromatic rings. The van der Waals surface area contributed by atoms with Crippen molar-refractivity contribution < 1.29 is 23.2 Å². The zero-order valence-electron chi connectivity index (χ0n) is 20.8. The van der Waals surface area contributed by atoms with Crippen LogP contribution in [0.25, 0.3) is 0 Å². The third-order valence-electron chi connectivity index (χ3n) is 5.56. The minimum absolute atomic E-state index is 0.192. The van der Waals surface area contributed by atoms with Crippen molar-refractivity contribution in [1.29, 1.82) is 0 Å². The van der Waals surface area contributed by atoms with Crippen LogP contribution in [0.2, 0.25) is 0 Å². The molecule has 0 amide bonds. The van der Waals surface area contributed by atoms with Crippen LogP contribution in [-0.2, 0) is 20.9 Å². The molecule has 1 heterocycles. The molecule has 0 unspecified atom stereocenters. The quantitative estimate of drug-likeness (QED) is 0.100. The van der Waals surface area contributed by atoms with E-state index in [4.69, 9.17) is 16.3 Å². The zero-order chi connectivity index (χ0) is 24.6. The number of carbonyl (C=O) groups is 2. The average Bonchev–Trinajstić information content (AvgIpc) is 3.10. The smallest absolute Gasteiger partial charge is 0.396 e. The van der Waals surface area contributed by atoms with Gasteiger partial charge in [0.1, 0.15) is 18.7 Å². The highest BCUT2D eigenvalue weighted by molar-refractivity contribution is 6.63. The SMILES string of the molecule is COCc1oc(=O)oc1C.O=CCCCCCCCCCCCCCCCCCCC(=O)Cl. The van der Waals surface area contributed by atoms with Crippen LogP contribution in [0.1, 0.15) is 127 Å². The van der Waals surface area contributed by atoms with Gasteiger partial charge in [0, 0.05) is 20.0 Å². The predicted octanol–water partition coefficient (Wildman–Crippen LogP) is 7.66. The molecule has 0 N–H and O–H groups in total. The van der Waals surface area contributed by atoms with E-state index in [0.29, 0.717) is 17.9 Å². The fourth-order valence-electron chi connectivity index (χ4n) is 3.60. The first kappa shape index (κ1) is 31.6. The lowest BCUT2D eigenvalue weighted by Crippen LogP contribution is -1.88. The van der Waals surface area contributed by atoms with Crippen LogP contribution in [-0.4, -0.2) is 18.6 Å². The van der Waals surface area contributed by atoms with E-state index in [-0.39, 0.29) is 11.8 Å². The van der Waals surface area contributed by atoms with Gasteiger partial charge in [-0.25, -0.2) is 4.79 Å². The predicted molar refractivity (Wildman–Crippen MR) is 133 cm³/mol. The lowest BCUT2D eigenvalue weighted by molar-refractivity contribution is -0.111. The van der Waals surface area contributed by atoms with Gasteiger partial charge in [0.15, 0.2) is 5.76 Å². The normalized spacial score (nSPS) is 10.6. The van der Waals surface area contributed by atoms with E-state index in [9.17, 15) is 14.4 Å². The number of ether oxygens (including phenoxy) is 1. The summed E-state index contributed by atoms with van der Waals surface area (Å²) in [7, 11) is 1.52. The summed E-state index contributed by atoms with van der Waals surface area (Å²) < 4.78 is 13.9. The summed E-state index contributed by atoms with van der Waals surface area (Å²) in [5.74, 6) is 0.254. The molecule has 0 fully saturated rings. The second kappa shape index (κ2) is 23.7. The maximum absolute atomic E-state index is 10.6. The van der Waals surface area contributed by atoms with E-state index < -0.39 is 5.82 Å². The van der Waals surface area contributed by atoms with Crippen LogP contribution in [0.15, 0.2) is 13.6 Å². The van der Waals surface area contributed by atoms with Gasteiger partial charge < -0.3 is 18.4 Å². The first-order valence-corrected chi connectivity index (χ1v) is 13.1. The highest BCUT2D eigenvalue weighted by Gasteiger charge is 2.06. The summed E-state index contributed by atoms with van der Waals surface area (Å²) in [4.78, 5) is 31.1. The third kappa shape index (κ3) is 22.2. The number of unbranched alkanes of at least 4 members (excludes halogenated alkanes) is 16. The Morgan fingerprint density at radius 2 is 1.21 bits per heavy atom. The molecule has 192 valence electrons. The van der Waals surface area contributed by atoms with Crippen molar-refractivity contribution >= 4 is 23.1 Å². The van der Waals surface area contributed by atoms with Gasteiger partial charge in [0.25, 0.3) is 0 Å². The van der Waals surface area contributed by atoms with Crippen LogP contribution >= 0.6 is 11.6 Å². The molecule has 1 aromatic heterocycles. The van der Waals surface area contributed by atoms with Gasteiger partial charge in [0.05, 0.1) is 0 Å². The van der Waals surface area contributed by atoms with Crippen LogP contribution in [0, 0.1) is 6.92 Å². The number of rotatable bonds is 21. The Bertz CT molecular complexity index is 637. The molecule has 0 aliphatic carbocycles. The monoisotopic (exact) mass is 488 g/mol. The fraction of sp³-hybridized carbons (Fsp3) is 0.808. The molecule has 0 aromatic carbocycles. The summed E-state index contributed by atoms with van der Waals surface area (Å²) in [5.41, 5.74) is 0. The molecule has 1 rings (SSSR count). The summed E-state index contributed by atoms with van der Waals surface area (Å²) in [6.45, 7) is 1.93. The highest BCUT2D eigenvalue weighted by atomic mass is 35.5. The molecule has 0 saturated heterocycles. The zero-order valence-corrected chi connectivity index (χ0v) is 21.6. The van der Waals surface area contributed by atoms with Crippen molar-refractivity contribution in [3.8, 4) is 0 Å². The Labute approximate surface area is 204 Å². The Hall–Kier alpha value is -1.40. The molecule has 33 heavy (non-hydrogen) atoms. The Morgan fingerprint density at radius 1 is 0.788 bits per heavy atom. The van der Waals surface area contributed by atoms with Crippen molar-refractivity contribution in [2.24, 2.45) is 0 Å². The van der Waals surface area contributed by atoms with Crippen LogP contribution in [0.3, 0.4) is 0 Å². The Balaban J connectivity index is 0.000000843. The highest BCUT2D eigenvalue weighted by Crippen LogP contribution is 2.14. The minimum atomic E-state index is -0.676. The molecule has 7 heteroatoms. The summed E-state index contributed by atoms with van der Waals surface area (Å²) in [6, 6.07) is 0. The number of halogens is 1. The van der Waals surface area contributed by atoms with E-state index >= 15 is 0 Å². The standard InChI is InChI=1S/C20H37ClO2.C6H8O4/c21-20(23)18-16-14-12-10-8-6-4-2-1-3-5-7-9-11-13-15-17-19-22;1-4-5(3-8-2)10-6(7)9-4/h19H,1-18H2;3H2,1-2H3. The first-order valence-electron chi connectivity index (χ1n) is 12.7. The van der Waals surface area contributed by atoms with Gasteiger partial charge in [-0.15, -0.1) is 0 Å². The maximum atomic E-state index is 10.6. The molecular weight excluding hydrogens is 444 g/mol. The molecule has 0 bridgehead atoms. The number of methoxy groups -OCH3 is 1. The summed E-state index contributed by atoms with van der Waals surface area (Å²) in [5, 5.41) is -0.192. The number of aryl methyl sites for hydroxylation is 1. The van der Waals surface area contributed by atoms with Crippen LogP contribution in [0.4, 0.5) is 0 Å². The van der Waals surface area contributed by atoms with E-state index in [0.717, 1.165) is 32.0 Å². The van der Waals surface area contributed by atoms with Crippen molar-refractivity contribution in [2.75, 3.05) is 7.11 Å². The number of aldehydes is 1. The molecule has 0 radical (unpaired) electrons. The largest absolute Gasteiger partial charge is 0.519 e. The van der Waals surface area contributed by atoms with Crippen molar-refractivity contribution in [3.05, 3.63) is 22.1 Å². The maximum Gasteiger partial charge on any atom is 0.519 e. The number of hydrogen-bond acceptors (Lipinski definition) is 6. The first-order chi connectivity index (χ1) is 16.0. The van der Waals surface area contributed by atoms with E-state index in [1.807, 2.05) is 0 Å². The third-order valence-corrected chi connectivity index (χ3v) is 5.75. The summed E-state index contributed by atoms with van der Waals surface area (Å²) >= 11 is 5.30. The molecule has 0 spiro atoms. The molecule has 0 saturated carbocycles. The second-order valence-electron chi connectivity index (χ2n) is 8.58. The fourth-order valence-corrected chi connectivity index (χ4v) is 3.74. The van der Waals surface area contributed by atoms with Crippen LogP contribution in [0.5, 0.6) is 0 Å². The second-order valence-corrected chi connectivity index (χ2v) is 9.01. The van der Waals surface area contributed by atoms with Gasteiger partial charge in [-0.3, -0.25) is 4.79 Å². The van der Waals surface area contributed by atoms with E-state index in [1.54, 1.807) is 6.92 Å². The van der Waals surface area contributed by atoms with Gasteiger partial charge in [0.2, 0.25) is 5.24 Å². The van der Waals surface area contributed by atoms with Gasteiger partial charge in [-0.1, -0.05) is 89.9 Å².